The highest BCUT2D eigenvalue weighted by atomic mass is 14.7. The number of nitrogens with two attached hydrogens (primary N) is 1. The Morgan fingerprint density at radius 2 is 1.67 bits per heavy atom. The van der Waals surface area contributed by atoms with Gasteiger partial charge in [0.15, 0.2) is 0 Å². The predicted octanol–water partition coefficient (Wildman–Crippen LogP) is 3.77. The van der Waals surface area contributed by atoms with Crippen LogP contribution in [0, 0.1) is 12.3 Å². The second kappa shape index (κ2) is 3.58. The van der Waals surface area contributed by atoms with Crippen molar-refractivity contribution >= 4 is 10.8 Å². The Kier molecular flexibility index (Phi) is 2.33. The lowest BCUT2D eigenvalue weighted by atomic mass is 9.84. The van der Waals surface area contributed by atoms with E-state index in [1.165, 1.54) is 28.3 Å². The zero-order valence-electron chi connectivity index (χ0n) is 11.5. The molecule has 1 heteroatoms. The Morgan fingerprint density at radius 1 is 1.06 bits per heavy atom. The molecular weight excluding hydrogens is 218 g/mol. The van der Waals surface area contributed by atoms with Crippen LogP contribution in [0.4, 0.5) is 0 Å². The van der Waals surface area contributed by atoms with Crippen LogP contribution in [0.3, 0.4) is 0 Å². The Hall–Kier alpha value is -1.34. The van der Waals surface area contributed by atoms with Crippen molar-refractivity contribution in [3.05, 3.63) is 47.5 Å². The first-order valence-corrected chi connectivity index (χ1v) is 6.71. The Bertz CT molecular complexity index is 612. The van der Waals surface area contributed by atoms with E-state index in [0.717, 1.165) is 6.54 Å². The molecule has 1 saturated carbocycles. The third kappa shape index (κ3) is 1.37. The summed E-state index contributed by atoms with van der Waals surface area (Å²) in [5.41, 5.74) is 9.41. The summed E-state index contributed by atoms with van der Waals surface area (Å²) < 4.78 is 0. The molecule has 0 radical (unpaired) electrons. The van der Waals surface area contributed by atoms with Crippen molar-refractivity contribution < 1.29 is 0 Å². The van der Waals surface area contributed by atoms with Crippen LogP contribution >= 0.6 is 0 Å². The largest absolute Gasteiger partial charge is 0.330 e. The molecule has 1 aliphatic rings. The minimum atomic E-state index is 0.181. The Labute approximate surface area is 109 Å². The van der Waals surface area contributed by atoms with E-state index in [1.54, 1.807) is 0 Å². The monoisotopic (exact) mass is 239 g/mol. The van der Waals surface area contributed by atoms with Gasteiger partial charge in [-0.25, -0.2) is 0 Å². The highest BCUT2D eigenvalue weighted by molar-refractivity contribution is 5.90. The molecule has 18 heavy (non-hydrogen) atoms. The lowest BCUT2D eigenvalue weighted by molar-refractivity contribution is 0.505. The van der Waals surface area contributed by atoms with Gasteiger partial charge in [-0.3, -0.25) is 0 Å². The number of hydrogen-bond donors (Lipinski definition) is 1. The summed E-state index contributed by atoms with van der Waals surface area (Å²) in [7, 11) is 0. The van der Waals surface area contributed by atoms with E-state index in [-0.39, 0.29) is 5.41 Å². The van der Waals surface area contributed by atoms with Gasteiger partial charge in [0.25, 0.3) is 0 Å². The van der Waals surface area contributed by atoms with E-state index >= 15 is 0 Å². The maximum Gasteiger partial charge on any atom is 0.0138 e. The van der Waals surface area contributed by atoms with E-state index in [9.17, 15) is 0 Å². The summed E-state index contributed by atoms with van der Waals surface area (Å²) in [6.07, 6.45) is 1.20. The van der Waals surface area contributed by atoms with Crippen LogP contribution in [-0.2, 0) is 5.41 Å². The molecule has 3 rings (SSSR count). The van der Waals surface area contributed by atoms with Crippen LogP contribution in [-0.4, -0.2) is 6.54 Å². The van der Waals surface area contributed by atoms with Crippen molar-refractivity contribution in [2.75, 3.05) is 6.54 Å². The molecule has 1 aliphatic carbocycles. The maximum atomic E-state index is 6.11. The highest BCUT2D eigenvalue weighted by Crippen LogP contribution is 2.64. The van der Waals surface area contributed by atoms with Crippen molar-refractivity contribution in [2.24, 2.45) is 11.1 Å². The molecule has 0 aromatic heterocycles. The quantitative estimate of drug-likeness (QED) is 0.848. The molecule has 0 bridgehead atoms. The fourth-order valence-corrected chi connectivity index (χ4v) is 3.50. The van der Waals surface area contributed by atoms with Crippen LogP contribution in [0.25, 0.3) is 10.8 Å². The van der Waals surface area contributed by atoms with Crippen LogP contribution in [0.15, 0.2) is 36.4 Å². The van der Waals surface area contributed by atoms with Crippen LogP contribution in [0.2, 0.25) is 0 Å². The van der Waals surface area contributed by atoms with E-state index < -0.39 is 0 Å². The molecule has 2 N–H and O–H groups in total. The molecule has 1 unspecified atom stereocenters. The zero-order valence-corrected chi connectivity index (χ0v) is 11.5. The van der Waals surface area contributed by atoms with Gasteiger partial charge in [-0.05, 0) is 40.7 Å². The predicted molar refractivity (Wildman–Crippen MR) is 77.8 cm³/mol. The lowest BCUT2D eigenvalue weighted by Gasteiger charge is -2.22. The third-order valence-electron chi connectivity index (χ3n) is 4.92. The van der Waals surface area contributed by atoms with Gasteiger partial charge in [0.2, 0.25) is 0 Å². The van der Waals surface area contributed by atoms with Crippen LogP contribution in [0.5, 0.6) is 0 Å². The van der Waals surface area contributed by atoms with Gasteiger partial charge in [-0.2, -0.15) is 0 Å². The molecule has 94 valence electrons. The molecule has 2 aromatic carbocycles. The van der Waals surface area contributed by atoms with Gasteiger partial charge >= 0.3 is 0 Å². The molecule has 2 aromatic rings. The van der Waals surface area contributed by atoms with Crippen molar-refractivity contribution in [1.82, 2.24) is 0 Å². The fraction of sp³-hybridized carbons (Fsp3) is 0.412. The second-order valence-electron chi connectivity index (χ2n) is 6.32. The summed E-state index contributed by atoms with van der Waals surface area (Å²) in [6, 6.07) is 13.2. The number of benzene rings is 2. The number of fused-ring (bicyclic) bond motifs is 1. The number of aryl methyl sites for hydroxylation is 1. The van der Waals surface area contributed by atoms with Gasteiger partial charge in [-0.1, -0.05) is 50.2 Å². The molecule has 0 amide bonds. The second-order valence-corrected chi connectivity index (χ2v) is 6.32. The van der Waals surface area contributed by atoms with Gasteiger partial charge < -0.3 is 5.73 Å². The van der Waals surface area contributed by atoms with Gasteiger partial charge in [0, 0.05) is 12.0 Å². The molecule has 0 spiro atoms. The molecule has 1 fully saturated rings. The molecule has 1 nitrogen and oxygen atoms in total. The third-order valence-corrected chi connectivity index (χ3v) is 4.92. The SMILES string of the molecule is Cc1ccc(C2(CN)CC2(C)C)c2ccccc12. The summed E-state index contributed by atoms with van der Waals surface area (Å²) in [5, 5.41) is 2.75. The Balaban J connectivity index is 2.29. The van der Waals surface area contributed by atoms with E-state index in [0.29, 0.717) is 5.41 Å². The first-order valence-electron chi connectivity index (χ1n) is 6.71. The van der Waals surface area contributed by atoms with E-state index in [1.807, 2.05) is 0 Å². The molecular formula is C17H21N. The summed E-state index contributed by atoms with van der Waals surface area (Å²) in [6.45, 7) is 7.58. The minimum Gasteiger partial charge on any atom is -0.330 e. The van der Waals surface area contributed by atoms with Gasteiger partial charge in [-0.15, -0.1) is 0 Å². The first kappa shape index (κ1) is 11.7. The normalized spacial score (nSPS) is 25.3. The zero-order chi connectivity index (χ0) is 13.0. The summed E-state index contributed by atoms with van der Waals surface area (Å²) in [5.74, 6) is 0. The Morgan fingerprint density at radius 3 is 2.22 bits per heavy atom. The smallest absolute Gasteiger partial charge is 0.0138 e. The highest BCUT2D eigenvalue weighted by Gasteiger charge is 2.61. The van der Waals surface area contributed by atoms with Crippen molar-refractivity contribution in [1.29, 1.82) is 0 Å². The molecule has 0 aliphatic heterocycles. The van der Waals surface area contributed by atoms with E-state index in [2.05, 4.69) is 57.2 Å². The van der Waals surface area contributed by atoms with Crippen molar-refractivity contribution in [2.45, 2.75) is 32.6 Å². The van der Waals surface area contributed by atoms with Gasteiger partial charge in [0.05, 0.1) is 0 Å². The van der Waals surface area contributed by atoms with Crippen LogP contribution < -0.4 is 5.73 Å². The minimum absolute atomic E-state index is 0.181. The first-order chi connectivity index (χ1) is 8.52. The van der Waals surface area contributed by atoms with Gasteiger partial charge in [0.1, 0.15) is 0 Å². The average Bonchev–Trinajstić information content (AvgIpc) is 2.93. The number of rotatable bonds is 2. The van der Waals surface area contributed by atoms with E-state index in [4.69, 9.17) is 5.73 Å². The molecule has 0 saturated heterocycles. The topological polar surface area (TPSA) is 26.0 Å². The lowest BCUT2D eigenvalue weighted by Crippen LogP contribution is -2.25. The average molecular weight is 239 g/mol. The molecule has 0 heterocycles. The summed E-state index contributed by atoms with van der Waals surface area (Å²) >= 11 is 0. The van der Waals surface area contributed by atoms with Crippen LogP contribution in [0.1, 0.15) is 31.4 Å². The standard InChI is InChI=1S/C17H21N/c1-12-8-9-15(14-7-5-4-6-13(12)14)17(11-18)10-16(17,2)3/h4-9H,10-11,18H2,1-3H3. The maximum absolute atomic E-state index is 6.11. The number of hydrogen-bond acceptors (Lipinski definition) is 1. The summed E-state index contributed by atoms with van der Waals surface area (Å²) in [4.78, 5) is 0. The van der Waals surface area contributed by atoms with Crippen molar-refractivity contribution in [3.63, 3.8) is 0 Å². The fourth-order valence-electron chi connectivity index (χ4n) is 3.50. The molecule has 1 atom stereocenters. The van der Waals surface area contributed by atoms with Crippen molar-refractivity contribution in [3.8, 4) is 0 Å².